The van der Waals surface area contributed by atoms with Gasteiger partial charge in [0.1, 0.15) is 29.6 Å². The highest BCUT2D eigenvalue weighted by molar-refractivity contribution is 5.96. The van der Waals surface area contributed by atoms with Gasteiger partial charge in [-0.25, -0.2) is 4.79 Å². The molecule has 0 aliphatic heterocycles. The lowest BCUT2D eigenvalue weighted by molar-refractivity contribution is -0.144. The van der Waals surface area contributed by atoms with Crippen molar-refractivity contribution >= 4 is 29.6 Å². The molecule has 13 nitrogen and oxygen atoms in total. The third-order valence-electron chi connectivity index (χ3n) is 6.55. The van der Waals surface area contributed by atoms with Crippen LogP contribution in [-0.4, -0.2) is 69.1 Å². The highest BCUT2D eigenvalue weighted by Crippen LogP contribution is 2.14. The summed E-state index contributed by atoms with van der Waals surface area (Å²) in [4.78, 5) is 62.7. The van der Waals surface area contributed by atoms with Gasteiger partial charge in [-0.1, -0.05) is 44.5 Å². The number of hydrogen-bond donors (Lipinski definition) is 8. The minimum atomic E-state index is -1.52. The van der Waals surface area contributed by atoms with E-state index < -0.39 is 66.1 Å². The number of phenols is 2. The Balaban J connectivity index is 2.26. The lowest BCUT2D eigenvalue weighted by atomic mass is 9.98. The van der Waals surface area contributed by atoms with Crippen molar-refractivity contribution in [2.24, 2.45) is 17.4 Å². The Bertz CT molecular complexity index is 1220. The maximum Gasteiger partial charge on any atom is 0.326 e. The zero-order valence-corrected chi connectivity index (χ0v) is 22.9. The first-order chi connectivity index (χ1) is 19.3. The zero-order valence-electron chi connectivity index (χ0n) is 22.9. The molecule has 0 heterocycles. The number of nitrogens with one attached hydrogen (secondary N) is 3. The standard InChI is InChI=1S/C28H37N5O8/c1-3-15(2)24(28(40)41)33-27(39)22(14-23(30)36)32-26(38)21(13-17-6-10-19(35)11-7-17)31-25(37)20(29)12-16-4-8-18(34)9-5-16/h4-11,15,20-22,24,34-35H,3,12-14,29H2,1-2H3,(H2,30,36)(H,31,37)(H,32,38)(H,33,39)(H,40,41). The minimum absolute atomic E-state index is 0.0119. The van der Waals surface area contributed by atoms with Crippen LogP contribution in [0.15, 0.2) is 48.5 Å². The number of aromatic hydroxyl groups is 2. The molecule has 0 aliphatic rings. The quantitative estimate of drug-likeness (QED) is 0.140. The van der Waals surface area contributed by atoms with Gasteiger partial charge < -0.3 is 42.7 Å². The first-order valence-corrected chi connectivity index (χ1v) is 13.0. The molecule has 0 aromatic heterocycles. The number of primary amides is 1. The minimum Gasteiger partial charge on any atom is -0.508 e. The number of phenolic OH excluding ortho intramolecular Hbond substituents is 2. The number of carbonyl (C=O) groups is 5. The van der Waals surface area contributed by atoms with Gasteiger partial charge in [-0.15, -0.1) is 0 Å². The molecular weight excluding hydrogens is 534 g/mol. The average Bonchev–Trinajstić information content (AvgIpc) is 2.92. The van der Waals surface area contributed by atoms with Gasteiger partial charge >= 0.3 is 5.97 Å². The van der Waals surface area contributed by atoms with E-state index in [1.165, 1.54) is 36.4 Å². The van der Waals surface area contributed by atoms with Crippen LogP contribution in [0.4, 0.5) is 0 Å². The summed E-state index contributed by atoms with van der Waals surface area (Å²) in [5.74, 6) is -5.07. The van der Waals surface area contributed by atoms with Gasteiger partial charge in [-0.05, 0) is 47.7 Å². The van der Waals surface area contributed by atoms with Crippen LogP contribution in [0.3, 0.4) is 0 Å². The van der Waals surface area contributed by atoms with Crippen molar-refractivity contribution in [3.8, 4) is 11.5 Å². The van der Waals surface area contributed by atoms with E-state index in [2.05, 4.69) is 16.0 Å². The molecule has 0 saturated carbocycles. The van der Waals surface area contributed by atoms with Crippen LogP contribution in [0.2, 0.25) is 0 Å². The van der Waals surface area contributed by atoms with Crippen molar-refractivity contribution < 1.29 is 39.3 Å². The van der Waals surface area contributed by atoms with E-state index >= 15 is 0 Å². The van der Waals surface area contributed by atoms with E-state index in [9.17, 15) is 39.3 Å². The van der Waals surface area contributed by atoms with Gasteiger partial charge in [0.05, 0.1) is 12.5 Å². The molecular formula is C28H37N5O8. The number of benzene rings is 2. The van der Waals surface area contributed by atoms with Gasteiger partial charge in [-0.3, -0.25) is 19.2 Å². The Labute approximate surface area is 237 Å². The Hall–Kier alpha value is -4.65. The third kappa shape index (κ3) is 10.4. The molecule has 4 amide bonds. The highest BCUT2D eigenvalue weighted by Gasteiger charge is 2.33. The highest BCUT2D eigenvalue weighted by atomic mass is 16.4. The number of carboxylic acid groups (broad SMARTS) is 1. The lowest BCUT2D eigenvalue weighted by Crippen LogP contribution is -2.59. The lowest BCUT2D eigenvalue weighted by Gasteiger charge is -2.26. The molecule has 0 bridgehead atoms. The maximum atomic E-state index is 13.4. The Morgan fingerprint density at radius 2 is 1.22 bits per heavy atom. The number of amides is 4. The fraction of sp³-hybridized carbons (Fsp3) is 0.393. The monoisotopic (exact) mass is 571 g/mol. The molecule has 5 atom stereocenters. The number of aliphatic carboxylic acids is 1. The second kappa shape index (κ2) is 15.2. The Morgan fingerprint density at radius 1 is 0.756 bits per heavy atom. The van der Waals surface area contributed by atoms with Crippen molar-refractivity contribution in [1.29, 1.82) is 0 Å². The average molecular weight is 572 g/mol. The molecule has 0 aliphatic carbocycles. The van der Waals surface area contributed by atoms with Crippen molar-refractivity contribution in [3.63, 3.8) is 0 Å². The van der Waals surface area contributed by atoms with Gasteiger partial charge in [0.25, 0.3) is 0 Å². The Morgan fingerprint density at radius 3 is 1.68 bits per heavy atom. The summed E-state index contributed by atoms with van der Waals surface area (Å²) in [5, 5.41) is 35.9. The molecule has 10 N–H and O–H groups in total. The normalized spacial score (nSPS) is 14.5. The summed E-state index contributed by atoms with van der Waals surface area (Å²) < 4.78 is 0. The molecule has 5 unspecified atom stereocenters. The van der Waals surface area contributed by atoms with E-state index in [0.29, 0.717) is 17.5 Å². The molecule has 2 rings (SSSR count). The topological polar surface area (TPSA) is 234 Å². The summed E-state index contributed by atoms with van der Waals surface area (Å²) in [7, 11) is 0. The van der Waals surface area contributed by atoms with Crippen LogP contribution in [0.25, 0.3) is 0 Å². The first kappa shape index (κ1) is 32.6. The molecule has 0 radical (unpaired) electrons. The SMILES string of the molecule is CCC(C)C(NC(=O)C(CC(N)=O)NC(=O)C(Cc1ccc(O)cc1)NC(=O)C(N)Cc1ccc(O)cc1)C(=O)O. The number of carbonyl (C=O) groups excluding carboxylic acids is 4. The fourth-order valence-corrected chi connectivity index (χ4v) is 3.95. The van der Waals surface area contributed by atoms with Gasteiger partial charge in [-0.2, -0.15) is 0 Å². The predicted octanol–water partition coefficient (Wildman–Crippen LogP) is -0.329. The van der Waals surface area contributed by atoms with Crippen molar-refractivity contribution in [3.05, 3.63) is 59.7 Å². The van der Waals surface area contributed by atoms with Crippen LogP contribution >= 0.6 is 0 Å². The Kier molecular flexibility index (Phi) is 12.1. The van der Waals surface area contributed by atoms with E-state index in [1.54, 1.807) is 26.0 Å². The molecule has 41 heavy (non-hydrogen) atoms. The molecule has 13 heteroatoms. The third-order valence-corrected chi connectivity index (χ3v) is 6.55. The van der Waals surface area contributed by atoms with Crippen LogP contribution in [0.1, 0.15) is 37.8 Å². The van der Waals surface area contributed by atoms with Crippen molar-refractivity contribution in [1.82, 2.24) is 16.0 Å². The molecule has 0 fully saturated rings. The van der Waals surface area contributed by atoms with Crippen LogP contribution in [-0.2, 0) is 36.8 Å². The van der Waals surface area contributed by atoms with E-state index in [1.807, 2.05) is 0 Å². The van der Waals surface area contributed by atoms with Crippen molar-refractivity contribution in [2.45, 2.75) is 63.7 Å². The number of rotatable bonds is 15. The smallest absolute Gasteiger partial charge is 0.326 e. The van der Waals surface area contributed by atoms with E-state index in [-0.39, 0.29) is 24.3 Å². The van der Waals surface area contributed by atoms with E-state index in [4.69, 9.17) is 11.5 Å². The fourth-order valence-electron chi connectivity index (χ4n) is 3.95. The van der Waals surface area contributed by atoms with Crippen LogP contribution < -0.4 is 27.4 Å². The van der Waals surface area contributed by atoms with Gasteiger partial charge in [0.15, 0.2) is 0 Å². The van der Waals surface area contributed by atoms with Gasteiger partial charge in [0.2, 0.25) is 23.6 Å². The summed E-state index contributed by atoms with van der Waals surface area (Å²) >= 11 is 0. The second-order valence-corrected chi connectivity index (χ2v) is 9.85. The number of nitrogens with two attached hydrogens (primary N) is 2. The largest absolute Gasteiger partial charge is 0.508 e. The molecule has 0 saturated heterocycles. The number of hydrogen-bond acceptors (Lipinski definition) is 8. The second-order valence-electron chi connectivity index (χ2n) is 9.85. The van der Waals surface area contributed by atoms with Crippen molar-refractivity contribution in [2.75, 3.05) is 0 Å². The molecule has 222 valence electrons. The summed E-state index contributed by atoms with van der Waals surface area (Å²) in [5.41, 5.74) is 12.6. The summed E-state index contributed by atoms with van der Waals surface area (Å²) in [6.45, 7) is 3.38. The maximum absolute atomic E-state index is 13.4. The summed E-state index contributed by atoms with van der Waals surface area (Å²) in [6, 6.07) is 6.81. The summed E-state index contributed by atoms with van der Waals surface area (Å²) in [6.07, 6.45) is -0.155. The van der Waals surface area contributed by atoms with E-state index in [0.717, 1.165) is 0 Å². The predicted molar refractivity (Wildman–Crippen MR) is 148 cm³/mol. The van der Waals surface area contributed by atoms with Crippen LogP contribution in [0, 0.1) is 5.92 Å². The molecule has 0 spiro atoms. The first-order valence-electron chi connectivity index (χ1n) is 13.0. The molecule has 2 aromatic rings. The number of carboxylic acids is 1. The zero-order chi connectivity index (χ0) is 30.7. The van der Waals surface area contributed by atoms with Crippen LogP contribution in [0.5, 0.6) is 11.5 Å². The van der Waals surface area contributed by atoms with Gasteiger partial charge in [0, 0.05) is 6.42 Å². The molecule has 2 aromatic carbocycles.